The second-order valence-corrected chi connectivity index (χ2v) is 24.1. The molecule has 3 N–H and O–H groups in total. The second kappa shape index (κ2) is 26.3. The number of ether oxygens (including phenoxy) is 4. The van der Waals surface area contributed by atoms with Crippen LogP contribution in [-0.4, -0.2) is 114 Å². The first-order valence-corrected chi connectivity index (χ1v) is 28.2. The summed E-state index contributed by atoms with van der Waals surface area (Å²) in [7, 11) is 3.60. The Hall–Kier alpha value is -5.67. The quantitative estimate of drug-likeness (QED) is 0.0724. The number of nitrogens with one attached hydrogen (secondary N) is 3. The molecule has 2 aromatic carbocycles. The van der Waals surface area contributed by atoms with Crippen LogP contribution in [0.15, 0.2) is 72.0 Å². The number of rotatable bonds is 27. The van der Waals surface area contributed by atoms with Crippen molar-refractivity contribution < 1.29 is 51.3 Å². The van der Waals surface area contributed by atoms with E-state index >= 15 is 0 Å². The van der Waals surface area contributed by atoms with E-state index in [0.29, 0.717) is 113 Å². The first-order chi connectivity index (χ1) is 37.3. The Kier molecular flexibility index (Phi) is 20.8. The predicted octanol–water partition coefficient (Wildman–Crippen LogP) is 11.4. The van der Waals surface area contributed by atoms with Crippen molar-refractivity contribution in [1.82, 2.24) is 15.5 Å². The minimum absolute atomic E-state index is 0.0289. The molecule has 1 heterocycles. The van der Waals surface area contributed by atoms with Crippen molar-refractivity contribution in [3.8, 4) is 6.07 Å². The number of carbonyl (C=O) groups excluding carboxylic acids is 4. The number of allylic oxidation sites excluding steroid dienone is 4. The maximum Gasteiger partial charge on any atom is 0.416 e. The molecule has 79 heavy (non-hydrogen) atoms. The van der Waals surface area contributed by atoms with Gasteiger partial charge in [-0.1, -0.05) is 86.3 Å². The number of hydrogen-bond donors (Lipinski definition) is 3. The molecule has 432 valence electrons. The van der Waals surface area contributed by atoms with Crippen LogP contribution in [0, 0.1) is 55.7 Å². The van der Waals surface area contributed by atoms with Gasteiger partial charge in [0.05, 0.1) is 69.7 Å². The Balaban J connectivity index is 0.892. The van der Waals surface area contributed by atoms with E-state index in [1.165, 1.54) is 12.1 Å². The molecule has 14 nitrogen and oxygen atoms in total. The number of halogens is 3. The van der Waals surface area contributed by atoms with Crippen LogP contribution in [0.3, 0.4) is 0 Å². The summed E-state index contributed by atoms with van der Waals surface area (Å²) in [6.45, 7) is 20.1. The Bertz CT molecular complexity index is 2670. The maximum atomic E-state index is 14.5. The molecule has 0 aromatic heterocycles. The fraction of sp³-hybridized carbons (Fsp3) is 0.613. The molecule has 0 unspecified atom stereocenters. The third kappa shape index (κ3) is 14.6. The highest BCUT2D eigenvalue weighted by Gasteiger charge is 2.58. The van der Waals surface area contributed by atoms with Crippen LogP contribution >= 0.6 is 0 Å². The van der Waals surface area contributed by atoms with E-state index in [1.807, 2.05) is 26.0 Å². The Morgan fingerprint density at radius 3 is 2.06 bits per heavy atom. The standard InChI is InChI=1S/C62H85F3N6O8/c1-11-13-14-52-58(5,6)53(73)43(40-66)37-60(52,8)45-36-51(72)49-39-61(23-21-57(3,4)12-2,24-22-59(49,7)38-45)56(75)69-26-28-77-30-32-79-34-33-78-31-29-76-27-25-68-55(74)42-15-20-50-47(35-42)48(41-70(9)10)54(67)71(50)46-18-16-44(17-19-46)62(63,64)65/h15-20,35-37,41,49,52,67H,11-14,21-34,38-39H2,1-10H3,(H,68,74)(H,69,75)/b48-41-,67-54?/t49-,52-,59-,60+,61-/m0/s1. The van der Waals surface area contributed by atoms with Crippen LogP contribution < -0.4 is 15.5 Å². The number of ketones is 2. The highest BCUT2D eigenvalue weighted by Crippen LogP contribution is 2.62. The molecular formula is C62H85F3N6O8. The van der Waals surface area contributed by atoms with E-state index in [-0.39, 0.29) is 70.6 Å². The van der Waals surface area contributed by atoms with E-state index in [0.717, 1.165) is 49.8 Å². The van der Waals surface area contributed by atoms with E-state index in [4.69, 9.17) is 24.4 Å². The van der Waals surface area contributed by atoms with Crippen molar-refractivity contribution in [3.05, 3.63) is 88.7 Å². The first-order valence-electron chi connectivity index (χ1n) is 28.2. The Morgan fingerprint density at radius 1 is 0.886 bits per heavy atom. The van der Waals surface area contributed by atoms with Gasteiger partial charge >= 0.3 is 6.18 Å². The SMILES string of the molecule is CCCC[C@H]1C(C)(C)C(=O)C(C#N)=C[C@]1(C)C1=CC(=O)[C@@H]2C[C@@](CCC(C)(C)CC)(C(=O)NCCOCCOCCOCCOCCNC(=O)c3ccc4c(c3)/C(=C/N(C)C)C(=N)N4c3ccc(C(F)(F)F)cc3)CC[C@@]2(C)C1. The number of nitrogens with zero attached hydrogens (tertiary/aromatic N) is 3. The normalized spacial score (nSPS) is 24.4. The van der Waals surface area contributed by atoms with Gasteiger partial charge in [-0.05, 0) is 110 Å². The Morgan fingerprint density at radius 2 is 1.49 bits per heavy atom. The van der Waals surface area contributed by atoms with Gasteiger partial charge in [0.15, 0.2) is 11.6 Å². The lowest BCUT2D eigenvalue weighted by Crippen LogP contribution is -2.54. The third-order valence-electron chi connectivity index (χ3n) is 17.4. The molecule has 1 saturated carbocycles. The van der Waals surface area contributed by atoms with E-state index in [2.05, 4.69) is 58.2 Å². The van der Waals surface area contributed by atoms with E-state index < -0.39 is 28.0 Å². The number of benzene rings is 2. The van der Waals surface area contributed by atoms with Crippen LogP contribution in [-0.2, 0) is 39.5 Å². The average Bonchev–Trinajstić information content (AvgIpc) is 3.85. The largest absolute Gasteiger partial charge is 0.416 e. The number of amides is 2. The number of unbranched alkanes of at least 4 members (excludes halogenated alkanes) is 1. The van der Waals surface area contributed by atoms with Crippen molar-refractivity contribution in [2.24, 2.45) is 38.9 Å². The van der Waals surface area contributed by atoms with Crippen LogP contribution in [0.5, 0.6) is 0 Å². The molecule has 0 saturated heterocycles. The zero-order valence-electron chi connectivity index (χ0n) is 48.3. The van der Waals surface area contributed by atoms with Crippen molar-refractivity contribution in [3.63, 3.8) is 0 Å². The second-order valence-electron chi connectivity index (χ2n) is 24.1. The fourth-order valence-corrected chi connectivity index (χ4v) is 12.1. The lowest BCUT2D eigenvalue weighted by atomic mass is 9.48. The summed E-state index contributed by atoms with van der Waals surface area (Å²) in [6, 6.07) is 11.8. The topological polar surface area (TPSA) is 183 Å². The van der Waals surface area contributed by atoms with Crippen molar-refractivity contribution in [2.45, 2.75) is 126 Å². The number of nitriles is 1. The molecule has 2 aromatic rings. The molecule has 5 atom stereocenters. The monoisotopic (exact) mass is 1100 g/mol. The number of anilines is 2. The zero-order chi connectivity index (χ0) is 58.0. The van der Waals surface area contributed by atoms with Crippen LogP contribution in [0.1, 0.15) is 141 Å². The van der Waals surface area contributed by atoms with Gasteiger partial charge in [0.25, 0.3) is 5.91 Å². The summed E-state index contributed by atoms with van der Waals surface area (Å²) in [4.78, 5) is 58.9. The molecule has 0 bridgehead atoms. The van der Waals surface area contributed by atoms with Gasteiger partial charge < -0.3 is 34.5 Å². The molecule has 17 heteroatoms. The molecule has 1 aliphatic heterocycles. The third-order valence-corrected chi connectivity index (χ3v) is 17.4. The van der Waals surface area contributed by atoms with Crippen molar-refractivity contribution in [2.75, 3.05) is 84.9 Å². The van der Waals surface area contributed by atoms with Gasteiger partial charge in [0.1, 0.15) is 11.9 Å². The summed E-state index contributed by atoms with van der Waals surface area (Å²) < 4.78 is 62.5. The van der Waals surface area contributed by atoms with Gasteiger partial charge in [-0.15, -0.1) is 0 Å². The highest BCUT2D eigenvalue weighted by molar-refractivity contribution is 6.36. The number of carbonyl (C=O) groups is 4. The highest BCUT2D eigenvalue weighted by atomic mass is 19.4. The van der Waals surface area contributed by atoms with Crippen LogP contribution in [0.4, 0.5) is 24.5 Å². The number of fused-ring (bicyclic) bond motifs is 2. The van der Waals surface area contributed by atoms with E-state index in [1.54, 1.807) is 48.3 Å². The molecule has 6 rings (SSSR count). The lowest BCUT2D eigenvalue weighted by Gasteiger charge is -2.55. The Labute approximate surface area is 466 Å². The molecular weight excluding hydrogens is 1010 g/mol. The maximum absolute atomic E-state index is 14.5. The van der Waals surface area contributed by atoms with Gasteiger partial charge in [-0.25, -0.2) is 0 Å². The number of amidine groups is 1. The van der Waals surface area contributed by atoms with Gasteiger partial charge in [0, 0.05) is 77.9 Å². The molecule has 0 spiro atoms. The average molecular weight is 1100 g/mol. The molecule has 1 fully saturated rings. The molecule has 3 aliphatic carbocycles. The van der Waals surface area contributed by atoms with Gasteiger partial charge in [0.2, 0.25) is 5.91 Å². The molecule has 2 amide bonds. The van der Waals surface area contributed by atoms with Crippen molar-refractivity contribution >= 4 is 46.2 Å². The summed E-state index contributed by atoms with van der Waals surface area (Å²) in [5.41, 5.74) is 0.432. The van der Waals surface area contributed by atoms with Gasteiger partial charge in [-0.2, -0.15) is 18.4 Å². The summed E-state index contributed by atoms with van der Waals surface area (Å²) in [6.07, 6.45) is 8.73. The first kappa shape index (κ1) is 62.5. The summed E-state index contributed by atoms with van der Waals surface area (Å²) in [5.74, 6) is -0.764. The van der Waals surface area contributed by atoms with Crippen LogP contribution in [0.25, 0.3) is 5.57 Å². The number of alkyl halides is 3. The van der Waals surface area contributed by atoms with E-state index in [9.17, 15) is 37.6 Å². The number of hydrogen-bond acceptors (Lipinski definition) is 11. The smallest absolute Gasteiger partial charge is 0.383 e. The summed E-state index contributed by atoms with van der Waals surface area (Å²) in [5, 5.41) is 25.0. The minimum Gasteiger partial charge on any atom is -0.383 e. The zero-order valence-corrected chi connectivity index (χ0v) is 48.3. The summed E-state index contributed by atoms with van der Waals surface area (Å²) >= 11 is 0. The predicted molar refractivity (Wildman–Crippen MR) is 301 cm³/mol. The molecule has 4 aliphatic rings. The minimum atomic E-state index is -4.48. The van der Waals surface area contributed by atoms with Gasteiger partial charge in [-0.3, -0.25) is 29.5 Å². The number of Topliss-reactive ketones (excluding diaryl/α,β-unsaturated/α-hetero) is 1. The molecule has 0 radical (unpaired) electrons. The fourth-order valence-electron chi connectivity index (χ4n) is 12.1. The van der Waals surface area contributed by atoms with Crippen LogP contribution in [0.2, 0.25) is 0 Å². The van der Waals surface area contributed by atoms with Crippen molar-refractivity contribution in [1.29, 1.82) is 10.7 Å². The lowest BCUT2D eigenvalue weighted by molar-refractivity contribution is -0.142.